The second kappa shape index (κ2) is 11.7. The monoisotopic (exact) mass is 532 g/mol. The van der Waals surface area contributed by atoms with Crippen molar-refractivity contribution in [1.82, 2.24) is 9.88 Å². The minimum Gasteiger partial charge on any atom is -0.497 e. The number of rotatable bonds is 7. The van der Waals surface area contributed by atoms with Gasteiger partial charge in [-0.25, -0.2) is 8.78 Å². The molecule has 2 aromatic carbocycles. The van der Waals surface area contributed by atoms with Crippen molar-refractivity contribution < 1.29 is 18.6 Å². The van der Waals surface area contributed by atoms with Crippen LogP contribution in [0.5, 0.6) is 5.75 Å². The summed E-state index contributed by atoms with van der Waals surface area (Å²) in [6, 6.07) is 9.49. The van der Waals surface area contributed by atoms with E-state index in [1.54, 1.807) is 31.4 Å². The Bertz CT molecular complexity index is 1280. The lowest BCUT2D eigenvalue weighted by Gasteiger charge is -2.40. The number of ether oxygens (including phenoxy) is 1. The number of fused-ring (bicyclic) bond motifs is 1. The van der Waals surface area contributed by atoms with Crippen LogP contribution in [0.4, 0.5) is 8.78 Å². The first kappa shape index (κ1) is 26.6. The van der Waals surface area contributed by atoms with E-state index in [-0.39, 0.29) is 23.5 Å². The lowest BCUT2D eigenvalue weighted by Crippen LogP contribution is -2.42. The van der Waals surface area contributed by atoms with E-state index in [1.165, 1.54) is 18.3 Å². The summed E-state index contributed by atoms with van der Waals surface area (Å²) in [5.74, 6) is 6.31. The van der Waals surface area contributed by atoms with E-state index < -0.39 is 12.0 Å². The number of hydrogen-bond acceptors (Lipinski definition) is 4. The van der Waals surface area contributed by atoms with Gasteiger partial charge in [0.1, 0.15) is 17.7 Å². The van der Waals surface area contributed by atoms with Crippen molar-refractivity contribution in [3.8, 4) is 17.6 Å². The Morgan fingerprint density at radius 3 is 2.64 bits per heavy atom. The van der Waals surface area contributed by atoms with Gasteiger partial charge in [0.2, 0.25) is 0 Å². The van der Waals surface area contributed by atoms with Crippen molar-refractivity contribution in [3.63, 3.8) is 0 Å². The summed E-state index contributed by atoms with van der Waals surface area (Å²) >= 11 is 12.4. The maximum absolute atomic E-state index is 15.6. The lowest BCUT2D eigenvalue weighted by atomic mass is 9.74. The van der Waals surface area contributed by atoms with Crippen molar-refractivity contribution in [2.24, 2.45) is 5.41 Å². The average Bonchev–Trinajstić information content (AvgIpc) is 2.89. The number of piperidine rings is 1. The average molecular weight is 533 g/mol. The highest BCUT2D eigenvalue weighted by atomic mass is 35.5. The third-order valence-corrected chi connectivity index (χ3v) is 7.63. The zero-order valence-electron chi connectivity index (χ0n) is 20.0. The second-order valence-corrected chi connectivity index (χ2v) is 10.1. The predicted molar refractivity (Wildman–Crippen MR) is 140 cm³/mol. The van der Waals surface area contributed by atoms with Crippen LogP contribution in [-0.4, -0.2) is 48.3 Å². The smallest absolute Gasteiger partial charge is 0.127 e. The molecule has 4 rings (SSSR count). The molecule has 0 radical (unpaired) electrons. The number of likely N-dealkylation sites (tertiary alicyclic amines) is 1. The summed E-state index contributed by atoms with van der Waals surface area (Å²) in [5, 5.41) is 11.4. The molecule has 0 aliphatic carbocycles. The molecule has 190 valence electrons. The standard InChI is InChI=1S/C28H28Cl2F2N2O2/c1-36-21-6-7-26-22(16-21)27(24(30)17-33-26)25(32)8-9-28(18-35)10-13-34(14-11-28)12-2-3-19-4-5-20(31)15-23(19)29/h4-7,15-17,25,35H,8-14,18H2,1H3/t25-/m1/s1. The van der Waals surface area contributed by atoms with E-state index in [0.29, 0.717) is 45.8 Å². The van der Waals surface area contributed by atoms with Gasteiger partial charge in [-0.05, 0) is 80.6 Å². The van der Waals surface area contributed by atoms with Crippen LogP contribution in [0.3, 0.4) is 0 Å². The topological polar surface area (TPSA) is 45.6 Å². The molecule has 1 aliphatic rings. The highest BCUT2D eigenvalue weighted by molar-refractivity contribution is 6.32. The minimum absolute atomic E-state index is 0.00305. The van der Waals surface area contributed by atoms with Gasteiger partial charge in [0.05, 0.1) is 29.2 Å². The number of aromatic nitrogens is 1. The fourth-order valence-corrected chi connectivity index (χ4v) is 5.18. The molecular formula is C28H28Cl2F2N2O2. The van der Waals surface area contributed by atoms with Crippen LogP contribution in [0.2, 0.25) is 10.0 Å². The van der Waals surface area contributed by atoms with Crippen molar-refractivity contribution in [3.05, 3.63) is 69.6 Å². The van der Waals surface area contributed by atoms with E-state index in [2.05, 4.69) is 21.7 Å². The normalized spacial score (nSPS) is 16.4. The molecule has 1 fully saturated rings. The van der Waals surface area contributed by atoms with Crippen LogP contribution < -0.4 is 4.74 Å². The van der Waals surface area contributed by atoms with Crippen molar-refractivity contribution in [2.45, 2.75) is 31.9 Å². The van der Waals surface area contributed by atoms with Gasteiger partial charge < -0.3 is 9.84 Å². The van der Waals surface area contributed by atoms with Gasteiger partial charge in [0.25, 0.3) is 0 Å². The third-order valence-electron chi connectivity index (χ3n) is 7.02. The first-order chi connectivity index (χ1) is 17.3. The highest BCUT2D eigenvalue weighted by Gasteiger charge is 2.35. The van der Waals surface area contributed by atoms with Gasteiger partial charge in [-0.3, -0.25) is 9.88 Å². The van der Waals surface area contributed by atoms with Crippen molar-refractivity contribution in [1.29, 1.82) is 0 Å². The molecule has 1 aromatic heterocycles. The first-order valence-corrected chi connectivity index (χ1v) is 12.6. The molecule has 36 heavy (non-hydrogen) atoms. The molecule has 2 heterocycles. The molecule has 8 heteroatoms. The SMILES string of the molecule is COc1ccc2ncc(Cl)c([C@H](F)CCC3(CO)CCN(CC#Cc4ccc(F)cc4Cl)CC3)c2c1. The Hall–Kier alpha value is -2.43. The molecule has 1 aliphatic heterocycles. The molecule has 3 aromatic rings. The van der Waals surface area contributed by atoms with Crippen LogP contribution in [0, 0.1) is 23.1 Å². The zero-order valence-corrected chi connectivity index (χ0v) is 21.5. The van der Waals surface area contributed by atoms with E-state index in [9.17, 15) is 9.50 Å². The summed E-state index contributed by atoms with van der Waals surface area (Å²) in [6.45, 7) is 2.05. The number of methoxy groups -OCH3 is 1. The van der Waals surface area contributed by atoms with Gasteiger partial charge in [-0.1, -0.05) is 35.0 Å². The Morgan fingerprint density at radius 1 is 1.17 bits per heavy atom. The number of pyridine rings is 1. The van der Waals surface area contributed by atoms with Crippen molar-refractivity contribution >= 4 is 34.1 Å². The zero-order chi connectivity index (χ0) is 25.7. The summed E-state index contributed by atoms with van der Waals surface area (Å²) < 4.78 is 34.1. The molecule has 1 saturated heterocycles. The quantitative estimate of drug-likeness (QED) is 0.348. The largest absolute Gasteiger partial charge is 0.497 e. The van der Waals surface area contributed by atoms with Crippen LogP contribution in [0.25, 0.3) is 10.9 Å². The van der Waals surface area contributed by atoms with Crippen LogP contribution in [0.15, 0.2) is 42.6 Å². The molecule has 0 spiro atoms. The minimum atomic E-state index is -1.29. The van der Waals surface area contributed by atoms with Crippen LogP contribution in [0.1, 0.15) is 43.0 Å². The number of nitrogens with zero attached hydrogens (tertiary/aromatic N) is 2. The maximum atomic E-state index is 15.6. The van der Waals surface area contributed by atoms with Crippen LogP contribution in [-0.2, 0) is 0 Å². The van der Waals surface area contributed by atoms with Gasteiger partial charge in [0.15, 0.2) is 0 Å². The first-order valence-electron chi connectivity index (χ1n) is 11.9. The lowest BCUT2D eigenvalue weighted by molar-refractivity contribution is 0.0344. The third kappa shape index (κ3) is 6.10. The number of hydrogen-bond donors (Lipinski definition) is 1. The summed E-state index contributed by atoms with van der Waals surface area (Å²) in [6.07, 6.45) is 2.47. The van der Waals surface area contributed by atoms with Crippen molar-refractivity contribution in [2.75, 3.05) is 33.4 Å². The Balaban J connectivity index is 1.38. The highest BCUT2D eigenvalue weighted by Crippen LogP contribution is 2.41. The Labute approximate surface area is 220 Å². The fraction of sp³-hybridized carbons (Fsp3) is 0.393. The Kier molecular flexibility index (Phi) is 8.69. The number of aliphatic hydroxyl groups is 1. The number of halogens is 4. The van der Waals surface area contributed by atoms with E-state index in [4.69, 9.17) is 27.9 Å². The number of aliphatic hydroxyl groups excluding tert-OH is 1. The van der Waals surface area contributed by atoms with E-state index >= 15 is 4.39 Å². The second-order valence-electron chi connectivity index (χ2n) is 9.27. The predicted octanol–water partition coefficient (Wildman–Crippen LogP) is 6.61. The molecule has 1 atom stereocenters. The van der Waals surface area contributed by atoms with Crippen LogP contribution >= 0.6 is 23.2 Å². The van der Waals surface area contributed by atoms with E-state index in [1.807, 2.05) is 0 Å². The van der Waals surface area contributed by atoms with Gasteiger partial charge in [-0.2, -0.15) is 0 Å². The summed E-state index contributed by atoms with van der Waals surface area (Å²) in [5.41, 5.74) is 1.32. The summed E-state index contributed by atoms with van der Waals surface area (Å²) in [7, 11) is 1.56. The van der Waals surface area contributed by atoms with Gasteiger partial charge in [-0.15, -0.1) is 0 Å². The molecule has 1 N–H and O–H groups in total. The molecule has 0 saturated carbocycles. The fourth-order valence-electron chi connectivity index (χ4n) is 4.70. The molecule has 0 bridgehead atoms. The number of benzene rings is 2. The molecule has 0 amide bonds. The Morgan fingerprint density at radius 2 is 1.94 bits per heavy atom. The molecule has 0 unspecified atom stereocenters. The van der Waals surface area contributed by atoms with E-state index in [0.717, 1.165) is 25.9 Å². The number of alkyl halides is 1. The maximum Gasteiger partial charge on any atom is 0.127 e. The summed E-state index contributed by atoms with van der Waals surface area (Å²) in [4.78, 5) is 6.50. The molecule has 4 nitrogen and oxygen atoms in total. The van der Waals surface area contributed by atoms with Gasteiger partial charge >= 0.3 is 0 Å². The molecular weight excluding hydrogens is 505 g/mol. The van der Waals surface area contributed by atoms with Gasteiger partial charge in [0, 0.05) is 29.3 Å².